The Morgan fingerprint density at radius 1 is 0.960 bits per heavy atom. The van der Waals surface area contributed by atoms with Crippen LogP contribution in [0.15, 0.2) is 35.4 Å². The van der Waals surface area contributed by atoms with Crippen molar-refractivity contribution in [2.75, 3.05) is 37.6 Å². The Morgan fingerprint density at radius 3 is 2.32 bits per heavy atom. The molecule has 1 aliphatic heterocycles. The van der Waals surface area contributed by atoms with Gasteiger partial charge in [-0.25, -0.2) is 5.43 Å². The summed E-state index contributed by atoms with van der Waals surface area (Å²) in [6.45, 7) is 4.88. The van der Waals surface area contributed by atoms with Crippen LogP contribution in [0.5, 0.6) is 0 Å². The molecule has 0 spiro atoms. The molecule has 1 aromatic carbocycles. The van der Waals surface area contributed by atoms with E-state index in [1.54, 1.807) is 0 Å². The molecule has 3 rings (SSSR count). The van der Waals surface area contributed by atoms with E-state index in [9.17, 15) is 4.79 Å². The maximum absolute atomic E-state index is 12.0. The molecule has 0 unspecified atom stereocenters. The summed E-state index contributed by atoms with van der Waals surface area (Å²) in [7, 11) is 0. The lowest BCUT2D eigenvalue weighted by atomic mass is 10.2. The molecule has 5 nitrogen and oxygen atoms in total. The lowest BCUT2D eigenvalue weighted by Gasteiger charge is -2.36. The minimum absolute atomic E-state index is 0.0437. The van der Waals surface area contributed by atoms with Crippen molar-refractivity contribution in [1.29, 1.82) is 0 Å². The second kappa shape index (κ2) is 9.56. The molecule has 1 saturated carbocycles. The molecular formula is C20H30N4O. The molecule has 1 aromatic rings. The zero-order valence-corrected chi connectivity index (χ0v) is 15.1. The Kier molecular flexibility index (Phi) is 6.86. The predicted molar refractivity (Wildman–Crippen MR) is 103 cm³/mol. The number of piperazine rings is 1. The molecule has 1 saturated heterocycles. The number of para-hydroxylation sites is 1. The van der Waals surface area contributed by atoms with Crippen LogP contribution >= 0.6 is 0 Å². The van der Waals surface area contributed by atoms with Crippen molar-refractivity contribution in [3.63, 3.8) is 0 Å². The van der Waals surface area contributed by atoms with Crippen LogP contribution in [0, 0.1) is 0 Å². The first kappa shape index (κ1) is 17.9. The molecule has 1 N–H and O–H groups in total. The highest BCUT2D eigenvalue weighted by atomic mass is 16.2. The monoisotopic (exact) mass is 342 g/mol. The van der Waals surface area contributed by atoms with Crippen molar-refractivity contribution in [2.24, 2.45) is 5.10 Å². The van der Waals surface area contributed by atoms with Crippen LogP contribution < -0.4 is 10.3 Å². The molecule has 2 aliphatic rings. The summed E-state index contributed by atoms with van der Waals surface area (Å²) in [6, 6.07) is 10.5. The number of amides is 1. The van der Waals surface area contributed by atoms with Gasteiger partial charge in [-0.15, -0.1) is 0 Å². The number of anilines is 1. The number of hydrogen-bond donors (Lipinski definition) is 1. The molecule has 1 heterocycles. The van der Waals surface area contributed by atoms with Crippen molar-refractivity contribution in [3.8, 4) is 0 Å². The van der Waals surface area contributed by atoms with Crippen LogP contribution in [0.4, 0.5) is 5.69 Å². The maximum atomic E-state index is 12.0. The third-order valence-corrected chi connectivity index (χ3v) is 5.17. The third-order valence-electron chi connectivity index (χ3n) is 5.17. The fourth-order valence-electron chi connectivity index (χ4n) is 3.57. The number of hydrazone groups is 1. The summed E-state index contributed by atoms with van der Waals surface area (Å²) < 4.78 is 0. The highest BCUT2D eigenvalue weighted by Crippen LogP contribution is 2.16. The molecule has 25 heavy (non-hydrogen) atoms. The molecule has 0 radical (unpaired) electrons. The number of carbonyl (C=O) groups is 1. The van der Waals surface area contributed by atoms with E-state index in [-0.39, 0.29) is 5.91 Å². The van der Waals surface area contributed by atoms with E-state index < -0.39 is 0 Å². The van der Waals surface area contributed by atoms with Crippen LogP contribution in [0.2, 0.25) is 0 Å². The molecule has 0 aromatic heterocycles. The van der Waals surface area contributed by atoms with E-state index in [1.807, 2.05) is 0 Å². The summed E-state index contributed by atoms with van der Waals surface area (Å²) in [5.74, 6) is 0.0437. The Morgan fingerprint density at radius 2 is 1.64 bits per heavy atom. The first-order valence-electron chi connectivity index (χ1n) is 9.68. The number of hydrogen-bond acceptors (Lipinski definition) is 4. The highest BCUT2D eigenvalue weighted by molar-refractivity contribution is 5.86. The van der Waals surface area contributed by atoms with Crippen LogP contribution in [0.3, 0.4) is 0 Å². The van der Waals surface area contributed by atoms with E-state index >= 15 is 0 Å². The van der Waals surface area contributed by atoms with E-state index in [1.165, 1.54) is 37.1 Å². The van der Waals surface area contributed by atoms with Gasteiger partial charge in [-0.3, -0.25) is 9.69 Å². The van der Waals surface area contributed by atoms with Gasteiger partial charge in [0.05, 0.1) is 0 Å². The van der Waals surface area contributed by atoms with Crippen molar-refractivity contribution in [2.45, 2.75) is 44.9 Å². The molecule has 1 amide bonds. The minimum Gasteiger partial charge on any atom is -0.369 e. The average Bonchev–Trinajstić information content (AvgIpc) is 2.95. The van der Waals surface area contributed by atoms with Crippen molar-refractivity contribution >= 4 is 17.3 Å². The van der Waals surface area contributed by atoms with Gasteiger partial charge in [0.25, 0.3) is 0 Å². The van der Waals surface area contributed by atoms with E-state index in [2.05, 4.69) is 50.7 Å². The molecule has 136 valence electrons. The smallest absolute Gasteiger partial charge is 0.241 e. The zero-order chi connectivity index (χ0) is 17.3. The molecule has 0 bridgehead atoms. The Balaban J connectivity index is 1.35. The second-order valence-corrected chi connectivity index (χ2v) is 7.04. The molecule has 5 heteroatoms. The van der Waals surface area contributed by atoms with Gasteiger partial charge in [0.2, 0.25) is 5.91 Å². The number of carbonyl (C=O) groups excluding carboxylic acids is 1. The Labute approximate surface area is 151 Å². The van der Waals surface area contributed by atoms with E-state index in [4.69, 9.17) is 0 Å². The fourth-order valence-corrected chi connectivity index (χ4v) is 3.57. The van der Waals surface area contributed by atoms with Crippen LogP contribution in [0.1, 0.15) is 44.9 Å². The molecule has 0 atom stereocenters. The summed E-state index contributed by atoms with van der Waals surface area (Å²) in [5.41, 5.74) is 5.23. The largest absolute Gasteiger partial charge is 0.369 e. The van der Waals surface area contributed by atoms with Crippen LogP contribution in [-0.2, 0) is 4.79 Å². The number of benzene rings is 1. The first-order chi connectivity index (χ1) is 12.3. The summed E-state index contributed by atoms with van der Waals surface area (Å²) in [4.78, 5) is 16.8. The number of nitrogens with zero attached hydrogens (tertiary/aromatic N) is 3. The Bertz CT molecular complexity index is 554. The van der Waals surface area contributed by atoms with Gasteiger partial charge in [-0.1, -0.05) is 31.0 Å². The SMILES string of the molecule is O=C(CCN1CCN(c2ccccc2)CC1)NN=C1CCCCCC1. The number of rotatable bonds is 5. The van der Waals surface area contributed by atoms with Gasteiger partial charge >= 0.3 is 0 Å². The predicted octanol–water partition coefficient (Wildman–Crippen LogP) is 3.03. The lowest BCUT2D eigenvalue weighted by Crippen LogP contribution is -2.47. The number of nitrogens with one attached hydrogen (secondary N) is 1. The summed E-state index contributed by atoms with van der Waals surface area (Å²) in [5, 5.41) is 4.35. The van der Waals surface area contributed by atoms with Gasteiger partial charge in [0, 0.05) is 50.5 Å². The van der Waals surface area contributed by atoms with Gasteiger partial charge in [-0.05, 0) is 37.8 Å². The van der Waals surface area contributed by atoms with Crippen LogP contribution in [-0.4, -0.2) is 49.2 Å². The van der Waals surface area contributed by atoms with E-state index in [0.29, 0.717) is 6.42 Å². The molecule has 1 aliphatic carbocycles. The van der Waals surface area contributed by atoms with Crippen molar-refractivity contribution in [1.82, 2.24) is 10.3 Å². The third kappa shape index (κ3) is 5.85. The first-order valence-corrected chi connectivity index (χ1v) is 9.68. The van der Waals surface area contributed by atoms with Gasteiger partial charge < -0.3 is 4.90 Å². The fraction of sp³-hybridized carbons (Fsp3) is 0.600. The van der Waals surface area contributed by atoms with E-state index in [0.717, 1.165) is 45.6 Å². The maximum Gasteiger partial charge on any atom is 0.241 e. The highest BCUT2D eigenvalue weighted by Gasteiger charge is 2.17. The minimum atomic E-state index is 0.0437. The van der Waals surface area contributed by atoms with Gasteiger partial charge in [0.15, 0.2) is 0 Å². The van der Waals surface area contributed by atoms with Gasteiger partial charge in [0.1, 0.15) is 0 Å². The van der Waals surface area contributed by atoms with Gasteiger partial charge in [-0.2, -0.15) is 5.10 Å². The second-order valence-electron chi connectivity index (χ2n) is 7.04. The average molecular weight is 342 g/mol. The standard InChI is InChI=1S/C20H30N4O/c25-20(22-21-18-8-4-1-2-5-9-18)12-13-23-14-16-24(17-15-23)19-10-6-3-7-11-19/h3,6-7,10-11H,1-2,4-5,8-9,12-17H2,(H,22,25). The summed E-state index contributed by atoms with van der Waals surface area (Å²) in [6.07, 6.45) is 7.62. The quantitative estimate of drug-likeness (QED) is 0.661. The van der Waals surface area contributed by atoms with Crippen LogP contribution in [0.25, 0.3) is 0 Å². The zero-order valence-electron chi connectivity index (χ0n) is 15.1. The van der Waals surface area contributed by atoms with Crippen molar-refractivity contribution < 1.29 is 4.79 Å². The molecular weight excluding hydrogens is 312 g/mol. The lowest BCUT2D eigenvalue weighted by molar-refractivity contribution is -0.121. The normalized spacial score (nSPS) is 19.4. The summed E-state index contributed by atoms with van der Waals surface area (Å²) >= 11 is 0. The van der Waals surface area contributed by atoms with Crippen molar-refractivity contribution in [3.05, 3.63) is 30.3 Å². The molecule has 2 fully saturated rings. The Hall–Kier alpha value is -1.88. The topological polar surface area (TPSA) is 47.9 Å².